The Morgan fingerprint density at radius 3 is 2.69 bits per heavy atom. The van der Waals surface area contributed by atoms with E-state index in [1.807, 2.05) is 13.8 Å². The van der Waals surface area contributed by atoms with Gasteiger partial charge in [0.05, 0.1) is 11.3 Å². The molecule has 0 fully saturated rings. The van der Waals surface area contributed by atoms with Gasteiger partial charge in [0.1, 0.15) is 12.0 Å². The van der Waals surface area contributed by atoms with Crippen LogP contribution in [-0.4, -0.2) is 22.1 Å². The SMILES string of the molecule is CCC(CC)C(=O)Nc1nnc(SCc2cc(=O)c(OC(=O)c3ccccc3Br)co2)s1. The second-order valence-corrected chi connectivity index (χ2v) is 9.66. The van der Waals surface area contributed by atoms with E-state index in [0.717, 1.165) is 19.1 Å². The van der Waals surface area contributed by atoms with Crippen LogP contribution >= 0.6 is 39.0 Å². The van der Waals surface area contributed by atoms with E-state index in [1.165, 1.54) is 29.2 Å². The highest BCUT2D eigenvalue weighted by Crippen LogP contribution is 2.29. The number of carbonyl (C=O) groups excluding carboxylic acids is 2. The number of esters is 1. The van der Waals surface area contributed by atoms with E-state index in [0.29, 0.717) is 31.0 Å². The quantitative estimate of drug-likeness (QED) is 0.227. The number of aromatic nitrogens is 2. The fraction of sp³-hybridized carbons (Fsp3) is 0.286. The van der Waals surface area contributed by atoms with Gasteiger partial charge < -0.3 is 14.5 Å². The summed E-state index contributed by atoms with van der Waals surface area (Å²) in [6, 6.07) is 8.02. The van der Waals surface area contributed by atoms with Crippen LogP contribution in [0.4, 0.5) is 5.13 Å². The Balaban J connectivity index is 1.58. The van der Waals surface area contributed by atoms with Crippen LogP contribution in [-0.2, 0) is 10.5 Å². The molecule has 3 rings (SSSR count). The normalized spacial score (nSPS) is 10.9. The summed E-state index contributed by atoms with van der Waals surface area (Å²) < 4.78 is 11.8. The maximum Gasteiger partial charge on any atom is 0.344 e. The molecule has 1 amide bonds. The second-order valence-electron chi connectivity index (χ2n) is 6.61. The average Bonchev–Trinajstić information content (AvgIpc) is 3.22. The summed E-state index contributed by atoms with van der Waals surface area (Å²) in [5.41, 5.74) is -0.169. The molecule has 8 nitrogen and oxygen atoms in total. The third-order valence-electron chi connectivity index (χ3n) is 4.48. The molecule has 2 heterocycles. The van der Waals surface area contributed by atoms with Gasteiger partial charge in [0.25, 0.3) is 0 Å². The Hall–Kier alpha value is -2.50. The number of halogens is 1. The molecule has 0 saturated heterocycles. The Labute approximate surface area is 200 Å². The molecule has 0 bridgehead atoms. The molecule has 0 aliphatic rings. The minimum atomic E-state index is -0.663. The molecule has 32 heavy (non-hydrogen) atoms. The Morgan fingerprint density at radius 1 is 1.25 bits per heavy atom. The first-order valence-electron chi connectivity index (χ1n) is 9.76. The molecule has 1 aromatic carbocycles. The van der Waals surface area contributed by atoms with E-state index in [2.05, 4.69) is 31.4 Å². The molecule has 0 radical (unpaired) electrons. The number of amides is 1. The standard InChI is InChI=1S/C21H20BrN3O5S2/c1-3-12(4-2)18(27)23-20-24-25-21(32-20)31-11-13-9-16(26)17(10-29-13)30-19(28)14-7-5-6-8-15(14)22/h5-10,12H,3-4,11H2,1-2H3,(H,23,24,27). The van der Waals surface area contributed by atoms with Gasteiger partial charge in [0, 0.05) is 16.5 Å². The van der Waals surface area contributed by atoms with Crippen molar-refractivity contribution >= 4 is 56.0 Å². The van der Waals surface area contributed by atoms with Gasteiger partial charge >= 0.3 is 5.97 Å². The summed E-state index contributed by atoms with van der Waals surface area (Å²) in [6.07, 6.45) is 2.64. The first-order valence-corrected chi connectivity index (χ1v) is 12.4. The molecule has 168 valence electrons. The minimum absolute atomic E-state index is 0.0557. The van der Waals surface area contributed by atoms with Crippen molar-refractivity contribution in [3.05, 3.63) is 62.6 Å². The number of nitrogens with one attached hydrogen (secondary N) is 1. The Morgan fingerprint density at radius 2 is 2.00 bits per heavy atom. The third kappa shape index (κ3) is 6.27. The molecule has 3 aromatic rings. The molecular weight excluding hydrogens is 518 g/mol. The van der Waals surface area contributed by atoms with Crippen LogP contribution in [0, 0.1) is 5.92 Å². The van der Waals surface area contributed by atoms with Crippen LogP contribution in [0.3, 0.4) is 0 Å². The highest BCUT2D eigenvalue weighted by molar-refractivity contribution is 9.10. The zero-order valence-corrected chi connectivity index (χ0v) is 20.5. The van der Waals surface area contributed by atoms with Crippen molar-refractivity contribution in [2.45, 2.75) is 36.8 Å². The maximum absolute atomic E-state index is 12.3. The molecule has 0 saturated carbocycles. The molecule has 0 spiro atoms. The summed E-state index contributed by atoms with van der Waals surface area (Å²) in [7, 11) is 0. The van der Waals surface area contributed by atoms with Gasteiger partial charge in [-0.05, 0) is 40.9 Å². The van der Waals surface area contributed by atoms with Gasteiger partial charge in [-0.15, -0.1) is 10.2 Å². The predicted octanol–water partition coefficient (Wildman–Crippen LogP) is 5.14. The molecule has 0 atom stereocenters. The highest BCUT2D eigenvalue weighted by Gasteiger charge is 2.17. The van der Waals surface area contributed by atoms with Crippen molar-refractivity contribution in [1.29, 1.82) is 0 Å². The molecule has 0 unspecified atom stereocenters. The van der Waals surface area contributed by atoms with Crippen molar-refractivity contribution < 1.29 is 18.7 Å². The van der Waals surface area contributed by atoms with Crippen LogP contribution in [0.5, 0.6) is 5.75 Å². The fourth-order valence-electron chi connectivity index (χ4n) is 2.69. The first-order chi connectivity index (χ1) is 15.4. The first kappa shape index (κ1) is 24.1. The largest absolute Gasteiger partial charge is 0.464 e. The smallest absolute Gasteiger partial charge is 0.344 e. The molecular formula is C21H20BrN3O5S2. The van der Waals surface area contributed by atoms with Gasteiger partial charge in [0.15, 0.2) is 4.34 Å². The summed E-state index contributed by atoms with van der Waals surface area (Å²) in [6.45, 7) is 3.94. The number of carbonyl (C=O) groups is 2. The second kappa shape index (κ2) is 11.4. The summed E-state index contributed by atoms with van der Waals surface area (Å²) in [4.78, 5) is 36.7. The third-order valence-corrected chi connectivity index (χ3v) is 7.17. The van der Waals surface area contributed by atoms with Gasteiger partial charge in [0.2, 0.25) is 22.2 Å². The van der Waals surface area contributed by atoms with Crippen molar-refractivity contribution in [2.24, 2.45) is 5.92 Å². The number of thioether (sulfide) groups is 1. The lowest BCUT2D eigenvalue weighted by Crippen LogP contribution is -2.21. The zero-order chi connectivity index (χ0) is 23.1. The Bertz CT molecular complexity index is 1160. The molecule has 11 heteroatoms. The minimum Gasteiger partial charge on any atom is -0.464 e. The molecule has 0 aliphatic heterocycles. The monoisotopic (exact) mass is 537 g/mol. The van der Waals surface area contributed by atoms with Crippen LogP contribution in [0.15, 0.2) is 54.6 Å². The van der Waals surface area contributed by atoms with E-state index in [9.17, 15) is 14.4 Å². The maximum atomic E-state index is 12.3. The van der Waals surface area contributed by atoms with E-state index < -0.39 is 11.4 Å². The average molecular weight is 538 g/mol. The summed E-state index contributed by atoms with van der Waals surface area (Å²) >= 11 is 5.84. The Kier molecular flexibility index (Phi) is 8.60. The van der Waals surface area contributed by atoms with Crippen LogP contribution in [0.1, 0.15) is 42.8 Å². The number of ether oxygens (including phenoxy) is 1. The number of hydrogen-bond donors (Lipinski definition) is 1. The fourth-order valence-corrected chi connectivity index (χ4v) is 4.78. The number of nitrogens with zero attached hydrogens (tertiary/aromatic N) is 2. The lowest BCUT2D eigenvalue weighted by molar-refractivity contribution is -0.120. The highest BCUT2D eigenvalue weighted by atomic mass is 79.9. The lowest BCUT2D eigenvalue weighted by atomic mass is 10.0. The van der Waals surface area contributed by atoms with Crippen LogP contribution < -0.4 is 15.5 Å². The predicted molar refractivity (Wildman–Crippen MR) is 126 cm³/mol. The summed E-state index contributed by atoms with van der Waals surface area (Å²) in [5.74, 6) is -0.270. The van der Waals surface area contributed by atoms with E-state index >= 15 is 0 Å². The van der Waals surface area contributed by atoms with E-state index in [4.69, 9.17) is 9.15 Å². The number of rotatable bonds is 9. The van der Waals surface area contributed by atoms with Gasteiger partial charge in [-0.25, -0.2) is 4.79 Å². The van der Waals surface area contributed by atoms with Crippen molar-refractivity contribution in [1.82, 2.24) is 10.2 Å². The molecule has 2 aromatic heterocycles. The lowest BCUT2D eigenvalue weighted by Gasteiger charge is -2.09. The van der Waals surface area contributed by atoms with Gasteiger partial charge in [-0.2, -0.15) is 0 Å². The summed E-state index contributed by atoms with van der Waals surface area (Å²) in [5, 5.41) is 11.2. The van der Waals surface area contributed by atoms with Gasteiger partial charge in [-0.1, -0.05) is 49.1 Å². The number of benzene rings is 1. The molecule has 1 N–H and O–H groups in total. The van der Waals surface area contributed by atoms with E-state index in [1.54, 1.807) is 24.3 Å². The van der Waals surface area contributed by atoms with Crippen LogP contribution in [0.2, 0.25) is 0 Å². The van der Waals surface area contributed by atoms with Gasteiger partial charge in [-0.3, -0.25) is 9.59 Å². The van der Waals surface area contributed by atoms with Crippen molar-refractivity contribution in [3.8, 4) is 5.75 Å². The number of anilines is 1. The van der Waals surface area contributed by atoms with E-state index in [-0.39, 0.29) is 17.6 Å². The number of hydrogen-bond acceptors (Lipinski definition) is 9. The van der Waals surface area contributed by atoms with Crippen molar-refractivity contribution in [3.63, 3.8) is 0 Å². The van der Waals surface area contributed by atoms with Crippen molar-refractivity contribution in [2.75, 3.05) is 5.32 Å². The topological polar surface area (TPSA) is 111 Å². The zero-order valence-electron chi connectivity index (χ0n) is 17.3. The van der Waals surface area contributed by atoms with Crippen LogP contribution in [0.25, 0.3) is 0 Å². The molecule has 0 aliphatic carbocycles.